The summed E-state index contributed by atoms with van der Waals surface area (Å²) in [7, 11) is 0. The summed E-state index contributed by atoms with van der Waals surface area (Å²) in [6.07, 6.45) is 3.81. The molecule has 0 aliphatic carbocycles. The molecule has 0 bridgehead atoms. The molecule has 0 saturated carbocycles. The standard InChI is InChI=1S/C15H26N4/c1-3-9-16-14-7-6-8-15(18-14)17-12-13(2)19-10-4-5-11-19/h6-8,13H,3-5,9-12H2,1-2H3,(H2,16,17,18). The molecular weight excluding hydrogens is 236 g/mol. The van der Waals surface area contributed by atoms with Gasteiger partial charge in [-0.3, -0.25) is 4.90 Å². The first-order chi connectivity index (χ1) is 9.29. The second-order valence-electron chi connectivity index (χ2n) is 5.31. The van der Waals surface area contributed by atoms with Crippen LogP contribution in [0.4, 0.5) is 11.6 Å². The summed E-state index contributed by atoms with van der Waals surface area (Å²) >= 11 is 0. The summed E-state index contributed by atoms with van der Waals surface area (Å²) in [6, 6.07) is 6.68. The van der Waals surface area contributed by atoms with E-state index in [4.69, 9.17) is 0 Å². The number of anilines is 2. The maximum atomic E-state index is 4.57. The average Bonchev–Trinajstić information content (AvgIpc) is 2.97. The minimum absolute atomic E-state index is 0.580. The van der Waals surface area contributed by atoms with Crippen molar-refractivity contribution >= 4 is 11.6 Å². The Morgan fingerprint density at radius 2 is 1.89 bits per heavy atom. The highest BCUT2D eigenvalue weighted by Gasteiger charge is 2.17. The number of pyridine rings is 1. The molecule has 106 valence electrons. The average molecular weight is 262 g/mol. The summed E-state index contributed by atoms with van der Waals surface area (Å²) in [5.74, 6) is 1.92. The van der Waals surface area contributed by atoms with E-state index in [-0.39, 0.29) is 0 Å². The smallest absolute Gasteiger partial charge is 0.128 e. The summed E-state index contributed by atoms with van der Waals surface area (Å²) < 4.78 is 0. The van der Waals surface area contributed by atoms with Crippen molar-refractivity contribution in [2.45, 2.75) is 39.2 Å². The van der Waals surface area contributed by atoms with Gasteiger partial charge in [0.15, 0.2) is 0 Å². The number of rotatable bonds is 7. The van der Waals surface area contributed by atoms with E-state index in [0.29, 0.717) is 6.04 Å². The topological polar surface area (TPSA) is 40.2 Å². The van der Waals surface area contributed by atoms with Gasteiger partial charge in [0.05, 0.1) is 0 Å². The highest BCUT2D eigenvalue weighted by Crippen LogP contribution is 2.13. The molecule has 0 aromatic carbocycles. The van der Waals surface area contributed by atoms with Gasteiger partial charge >= 0.3 is 0 Å². The Hall–Kier alpha value is -1.29. The third-order valence-corrected chi connectivity index (χ3v) is 3.65. The number of nitrogens with one attached hydrogen (secondary N) is 2. The van der Waals surface area contributed by atoms with Gasteiger partial charge in [-0.05, 0) is 51.4 Å². The zero-order valence-electron chi connectivity index (χ0n) is 12.2. The SMILES string of the molecule is CCCNc1cccc(NCC(C)N2CCCC2)n1. The van der Waals surface area contributed by atoms with Crippen LogP contribution in [-0.2, 0) is 0 Å². The van der Waals surface area contributed by atoms with E-state index in [1.165, 1.54) is 25.9 Å². The van der Waals surface area contributed by atoms with Gasteiger partial charge in [0.1, 0.15) is 11.6 Å². The largest absolute Gasteiger partial charge is 0.370 e. The van der Waals surface area contributed by atoms with Gasteiger partial charge in [0.2, 0.25) is 0 Å². The molecule has 1 saturated heterocycles. The zero-order valence-corrected chi connectivity index (χ0v) is 12.2. The van der Waals surface area contributed by atoms with Gasteiger partial charge in [-0.1, -0.05) is 13.0 Å². The van der Waals surface area contributed by atoms with E-state index in [1.54, 1.807) is 0 Å². The van der Waals surface area contributed by atoms with E-state index in [1.807, 2.05) is 18.2 Å². The van der Waals surface area contributed by atoms with Crippen molar-refractivity contribution in [3.63, 3.8) is 0 Å². The minimum atomic E-state index is 0.580. The van der Waals surface area contributed by atoms with Crippen molar-refractivity contribution in [2.75, 3.05) is 36.8 Å². The Morgan fingerprint density at radius 1 is 1.21 bits per heavy atom. The molecule has 1 aromatic rings. The Labute approximate surface area is 116 Å². The molecular formula is C15H26N4. The number of hydrogen-bond acceptors (Lipinski definition) is 4. The molecule has 0 spiro atoms. The Morgan fingerprint density at radius 3 is 2.58 bits per heavy atom. The molecule has 1 unspecified atom stereocenters. The first-order valence-electron chi connectivity index (χ1n) is 7.48. The molecule has 19 heavy (non-hydrogen) atoms. The normalized spacial score (nSPS) is 17.4. The quantitative estimate of drug-likeness (QED) is 0.793. The van der Waals surface area contributed by atoms with Crippen molar-refractivity contribution in [2.24, 2.45) is 0 Å². The van der Waals surface area contributed by atoms with Gasteiger partial charge in [-0.2, -0.15) is 0 Å². The van der Waals surface area contributed by atoms with Crippen LogP contribution in [0.1, 0.15) is 33.1 Å². The van der Waals surface area contributed by atoms with Crippen LogP contribution in [0.5, 0.6) is 0 Å². The molecule has 0 amide bonds. The molecule has 4 heteroatoms. The summed E-state index contributed by atoms with van der Waals surface area (Å²) in [5.41, 5.74) is 0. The lowest BCUT2D eigenvalue weighted by Gasteiger charge is -2.24. The molecule has 1 atom stereocenters. The van der Waals surface area contributed by atoms with Crippen LogP contribution >= 0.6 is 0 Å². The number of likely N-dealkylation sites (tertiary alicyclic amines) is 1. The van der Waals surface area contributed by atoms with Crippen LogP contribution in [0.15, 0.2) is 18.2 Å². The third-order valence-electron chi connectivity index (χ3n) is 3.65. The minimum Gasteiger partial charge on any atom is -0.370 e. The van der Waals surface area contributed by atoms with Crippen LogP contribution in [0.3, 0.4) is 0 Å². The zero-order chi connectivity index (χ0) is 13.5. The lowest BCUT2D eigenvalue weighted by Crippen LogP contribution is -2.35. The van der Waals surface area contributed by atoms with Gasteiger partial charge in [-0.25, -0.2) is 4.98 Å². The highest BCUT2D eigenvalue weighted by atomic mass is 15.2. The van der Waals surface area contributed by atoms with Crippen LogP contribution in [0, 0.1) is 0 Å². The molecule has 2 heterocycles. The monoisotopic (exact) mass is 262 g/mol. The van der Waals surface area contributed by atoms with E-state index < -0.39 is 0 Å². The van der Waals surface area contributed by atoms with Gasteiger partial charge in [0.25, 0.3) is 0 Å². The maximum Gasteiger partial charge on any atom is 0.128 e. The molecule has 2 N–H and O–H groups in total. The van der Waals surface area contributed by atoms with Gasteiger partial charge in [0, 0.05) is 19.1 Å². The first kappa shape index (κ1) is 14.1. The third kappa shape index (κ3) is 4.39. The maximum absolute atomic E-state index is 4.57. The summed E-state index contributed by atoms with van der Waals surface area (Å²) in [6.45, 7) is 8.87. The lowest BCUT2D eigenvalue weighted by molar-refractivity contribution is 0.269. The van der Waals surface area contributed by atoms with Crippen LogP contribution < -0.4 is 10.6 Å². The van der Waals surface area contributed by atoms with Crippen molar-refractivity contribution in [1.29, 1.82) is 0 Å². The Bertz CT molecular complexity index is 374. The van der Waals surface area contributed by atoms with Crippen molar-refractivity contribution in [3.8, 4) is 0 Å². The summed E-state index contributed by atoms with van der Waals surface area (Å²) in [5, 5.41) is 6.76. The predicted octanol–water partition coefficient (Wildman–Crippen LogP) is 2.80. The molecule has 1 aliphatic rings. The Balaban J connectivity index is 1.81. The van der Waals surface area contributed by atoms with Crippen LogP contribution in [0.25, 0.3) is 0 Å². The molecule has 1 aliphatic heterocycles. The van der Waals surface area contributed by atoms with Crippen LogP contribution in [-0.4, -0.2) is 42.1 Å². The van der Waals surface area contributed by atoms with Crippen molar-refractivity contribution in [3.05, 3.63) is 18.2 Å². The fourth-order valence-electron chi connectivity index (χ4n) is 2.45. The van der Waals surface area contributed by atoms with E-state index >= 15 is 0 Å². The summed E-state index contributed by atoms with van der Waals surface area (Å²) in [4.78, 5) is 7.12. The fraction of sp³-hybridized carbons (Fsp3) is 0.667. The number of aromatic nitrogens is 1. The predicted molar refractivity (Wildman–Crippen MR) is 81.8 cm³/mol. The highest BCUT2D eigenvalue weighted by molar-refractivity contribution is 5.45. The number of hydrogen-bond donors (Lipinski definition) is 2. The molecule has 1 aromatic heterocycles. The number of nitrogens with zero attached hydrogens (tertiary/aromatic N) is 2. The van der Waals surface area contributed by atoms with E-state index in [2.05, 4.69) is 34.4 Å². The lowest BCUT2D eigenvalue weighted by atomic mass is 10.3. The second-order valence-corrected chi connectivity index (χ2v) is 5.31. The van der Waals surface area contributed by atoms with E-state index in [0.717, 1.165) is 31.1 Å². The second kappa shape index (κ2) is 7.34. The fourth-order valence-corrected chi connectivity index (χ4v) is 2.45. The molecule has 4 nitrogen and oxygen atoms in total. The van der Waals surface area contributed by atoms with Crippen molar-refractivity contribution in [1.82, 2.24) is 9.88 Å². The molecule has 0 radical (unpaired) electrons. The van der Waals surface area contributed by atoms with Gasteiger partial charge in [-0.15, -0.1) is 0 Å². The molecule has 1 fully saturated rings. The van der Waals surface area contributed by atoms with Gasteiger partial charge < -0.3 is 10.6 Å². The molecule has 2 rings (SSSR count). The Kier molecular flexibility index (Phi) is 5.45. The van der Waals surface area contributed by atoms with Crippen LogP contribution in [0.2, 0.25) is 0 Å². The van der Waals surface area contributed by atoms with E-state index in [9.17, 15) is 0 Å². The van der Waals surface area contributed by atoms with Crippen molar-refractivity contribution < 1.29 is 0 Å². The first-order valence-corrected chi connectivity index (χ1v) is 7.48.